The predicted molar refractivity (Wildman–Crippen MR) is 127 cm³/mol. The summed E-state index contributed by atoms with van der Waals surface area (Å²) in [5, 5.41) is 8.34. The monoisotopic (exact) mass is 456 g/mol. The van der Waals surface area contributed by atoms with E-state index in [2.05, 4.69) is 24.9 Å². The molecule has 0 saturated carbocycles. The Hall–Kier alpha value is -2.94. The van der Waals surface area contributed by atoms with Crippen LogP contribution >= 0.6 is 0 Å². The van der Waals surface area contributed by atoms with E-state index < -0.39 is 11.6 Å². The zero-order chi connectivity index (χ0) is 23.6. The minimum Gasteiger partial charge on any atom is -0.455 e. The minimum atomic E-state index is -0.559. The number of nitrogens with two attached hydrogens (primary N) is 1. The SMILES string of the molecule is CC(C)(C)OC(=O)c1ccc(N2CCC(N3CCN(c4ccc(N)c(F)c4)CC3)CC2)nn1. The first-order chi connectivity index (χ1) is 15.7. The van der Waals surface area contributed by atoms with Gasteiger partial charge >= 0.3 is 5.97 Å². The highest BCUT2D eigenvalue weighted by molar-refractivity contribution is 5.87. The maximum atomic E-state index is 13.8. The first kappa shape index (κ1) is 23.2. The minimum absolute atomic E-state index is 0.188. The molecule has 8 nitrogen and oxygen atoms in total. The lowest BCUT2D eigenvalue weighted by molar-refractivity contribution is 0.00616. The van der Waals surface area contributed by atoms with Crippen molar-refractivity contribution in [1.82, 2.24) is 15.1 Å². The number of rotatable bonds is 4. The Bertz CT molecular complexity index is 962. The molecule has 2 aliphatic heterocycles. The van der Waals surface area contributed by atoms with Crippen LogP contribution in [0.25, 0.3) is 0 Å². The molecule has 0 spiro atoms. The topological polar surface area (TPSA) is 87.8 Å². The van der Waals surface area contributed by atoms with Gasteiger partial charge in [0.15, 0.2) is 11.5 Å². The number of piperidine rings is 1. The number of anilines is 3. The number of halogens is 1. The zero-order valence-electron chi connectivity index (χ0n) is 19.6. The third kappa shape index (κ3) is 5.71. The van der Waals surface area contributed by atoms with Crippen LogP contribution in [-0.4, -0.2) is 72.0 Å². The summed E-state index contributed by atoms with van der Waals surface area (Å²) in [4.78, 5) is 19.1. The van der Waals surface area contributed by atoms with Crippen LogP contribution in [-0.2, 0) is 4.74 Å². The lowest BCUT2D eigenvalue weighted by atomic mass is 10.0. The molecule has 9 heteroatoms. The molecule has 2 aliphatic rings. The second-order valence-corrected chi connectivity index (χ2v) is 9.73. The summed E-state index contributed by atoms with van der Waals surface area (Å²) in [6.45, 7) is 10.9. The number of nitrogens with zero attached hydrogens (tertiary/aromatic N) is 5. The number of hydrogen-bond donors (Lipinski definition) is 1. The zero-order valence-corrected chi connectivity index (χ0v) is 19.6. The van der Waals surface area contributed by atoms with Crippen molar-refractivity contribution in [3.63, 3.8) is 0 Å². The van der Waals surface area contributed by atoms with Gasteiger partial charge in [-0.05, 0) is 63.9 Å². The maximum absolute atomic E-state index is 13.8. The van der Waals surface area contributed by atoms with E-state index in [1.54, 1.807) is 12.1 Å². The summed E-state index contributed by atoms with van der Waals surface area (Å²) in [6.07, 6.45) is 2.10. The molecule has 2 aromatic rings. The first-order valence-corrected chi connectivity index (χ1v) is 11.6. The van der Waals surface area contributed by atoms with E-state index in [0.717, 1.165) is 63.6 Å². The van der Waals surface area contributed by atoms with Gasteiger partial charge < -0.3 is 20.3 Å². The highest BCUT2D eigenvalue weighted by Crippen LogP contribution is 2.25. The number of ether oxygens (including phenoxy) is 1. The molecule has 33 heavy (non-hydrogen) atoms. The molecule has 0 atom stereocenters. The summed E-state index contributed by atoms with van der Waals surface area (Å²) in [7, 11) is 0. The Morgan fingerprint density at radius 1 is 1.00 bits per heavy atom. The Morgan fingerprint density at radius 3 is 2.27 bits per heavy atom. The molecule has 0 aliphatic carbocycles. The summed E-state index contributed by atoms with van der Waals surface area (Å²) < 4.78 is 19.2. The molecule has 0 unspecified atom stereocenters. The van der Waals surface area contributed by atoms with Crippen molar-refractivity contribution in [2.45, 2.75) is 45.3 Å². The van der Waals surface area contributed by atoms with E-state index in [1.807, 2.05) is 32.9 Å². The van der Waals surface area contributed by atoms with E-state index >= 15 is 0 Å². The molecule has 2 saturated heterocycles. The Kier molecular flexibility index (Phi) is 6.69. The third-order valence-corrected chi connectivity index (χ3v) is 6.23. The van der Waals surface area contributed by atoms with Gasteiger partial charge in [-0.2, -0.15) is 0 Å². The maximum Gasteiger partial charge on any atom is 0.359 e. The van der Waals surface area contributed by atoms with Gasteiger partial charge in [-0.3, -0.25) is 4.90 Å². The number of benzene rings is 1. The normalized spacial score (nSPS) is 18.4. The molecule has 178 valence electrons. The van der Waals surface area contributed by atoms with Gasteiger partial charge in [0.1, 0.15) is 11.4 Å². The summed E-state index contributed by atoms with van der Waals surface area (Å²) in [5.74, 6) is -0.0263. The van der Waals surface area contributed by atoms with Crippen LogP contribution in [0.2, 0.25) is 0 Å². The lowest BCUT2D eigenvalue weighted by Crippen LogP contribution is -2.53. The van der Waals surface area contributed by atoms with Crippen LogP contribution in [0, 0.1) is 5.82 Å². The Morgan fingerprint density at radius 2 is 1.70 bits per heavy atom. The van der Waals surface area contributed by atoms with Crippen molar-refractivity contribution in [1.29, 1.82) is 0 Å². The van der Waals surface area contributed by atoms with Crippen LogP contribution in [0.1, 0.15) is 44.1 Å². The fourth-order valence-corrected chi connectivity index (χ4v) is 4.45. The van der Waals surface area contributed by atoms with Crippen LogP contribution in [0.3, 0.4) is 0 Å². The van der Waals surface area contributed by atoms with Gasteiger partial charge in [-0.25, -0.2) is 9.18 Å². The Labute approximate surface area is 194 Å². The first-order valence-electron chi connectivity index (χ1n) is 11.6. The van der Waals surface area contributed by atoms with E-state index in [9.17, 15) is 9.18 Å². The second-order valence-electron chi connectivity index (χ2n) is 9.73. The Balaban J connectivity index is 1.26. The van der Waals surface area contributed by atoms with Crippen LogP contribution in [0.4, 0.5) is 21.6 Å². The van der Waals surface area contributed by atoms with Gasteiger partial charge in [-0.15, -0.1) is 10.2 Å². The number of carbonyl (C=O) groups is 1. The largest absolute Gasteiger partial charge is 0.455 e. The van der Waals surface area contributed by atoms with Gasteiger partial charge in [-0.1, -0.05) is 0 Å². The molecule has 3 heterocycles. The average Bonchev–Trinajstić information content (AvgIpc) is 2.80. The summed E-state index contributed by atoms with van der Waals surface area (Å²) in [5.41, 5.74) is 6.35. The predicted octanol–water partition coefficient (Wildman–Crippen LogP) is 2.94. The number of hydrogen-bond acceptors (Lipinski definition) is 8. The smallest absolute Gasteiger partial charge is 0.359 e. The summed E-state index contributed by atoms with van der Waals surface area (Å²) >= 11 is 0. The van der Waals surface area contributed by atoms with Crippen LogP contribution in [0.5, 0.6) is 0 Å². The molecule has 4 rings (SSSR count). The lowest BCUT2D eigenvalue weighted by Gasteiger charge is -2.43. The molecule has 2 fully saturated rings. The van der Waals surface area contributed by atoms with Gasteiger partial charge in [0.2, 0.25) is 0 Å². The van der Waals surface area contributed by atoms with Crippen molar-refractivity contribution in [2.75, 3.05) is 54.8 Å². The van der Waals surface area contributed by atoms with E-state index in [-0.39, 0.29) is 17.2 Å². The van der Waals surface area contributed by atoms with Gasteiger partial charge in [0.05, 0.1) is 5.69 Å². The second kappa shape index (κ2) is 9.51. The van der Waals surface area contributed by atoms with E-state index in [0.29, 0.717) is 6.04 Å². The molecule has 1 aromatic carbocycles. The highest BCUT2D eigenvalue weighted by atomic mass is 19.1. The quantitative estimate of drug-likeness (QED) is 0.555. The molecule has 0 amide bonds. The van der Waals surface area contributed by atoms with Crippen molar-refractivity contribution in [3.8, 4) is 0 Å². The molecular weight excluding hydrogens is 423 g/mol. The number of aromatic nitrogens is 2. The van der Waals surface area contributed by atoms with Crippen LogP contribution < -0.4 is 15.5 Å². The summed E-state index contributed by atoms with van der Waals surface area (Å²) in [6, 6.07) is 9.11. The fourth-order valence-electron chi connectivity index (χ4n) is 4.45. The number of carbonyl (C=O) groups excluding carboxylic acids is 1. The van der Waals surface area contributed by atoms with E-state index in [1.165, 1.54) is 6.07 Å². The van der Waals surface area contributed by atoms with Gasteiger partial charge in [0.25, 0.3) is 0 Å². The standard InChI is InChI=1S/C24H33FN6O2/c1-24(2,3)33-23(32)21-6-7-22(28-27-21)31-10-8-17(9-11-31)29-12-14-30(15-13-29)18-4-5-20(26)19(25)16-18/h4-7,16-17H,8-15,26H2,1-3H3. The number of piperazine rings is 1. The van der Waals surface area contributed by atoms with Crippen molar-refractivity contribution >= 4 is 23.2 Å². The van der Waals surface area contributed by atoms with Crippen molar-refractivity contribution in [2.24, 2.45) is 0 Å². The highest BCUT2D eigenvalue weighted by Gasteiger charge is 2.28. The molecule has 0 bridgehead atoms. The van der Waals surface area contributed by atoms with Crippen LogP contribution in [0.15, 0.2) is 30.3 Å². The molecule has 1 aromatic heterocycles. The number of nitrogen functional groups attached to an aromatic ring is 1. The molecule has 0 radical (unpaired) electrons. The van der Waals surface area contributed by atoms with Crippen molar-refractivity contribution < 1.29 is 13.9 Å². The number of esters is 1. The fraction of sp³-hybridized carbons (Fsp3) is 0.542. The average molecular weight is 457 g/mol. The molecular formula is C24H33FN6O2. The van der Waals surface area contributed by atoms with Crippen molar-refractivity contribution in [3.05, 3.63) is 41.8 Å². The molecule has 2 N–H and O–H groups in total. The van der Waals surface area contributed by atoms with Gasteiger partial charge in [0, 0.05) is 51.0 Å². The van der Waals surface area contributed by atoms with E-state index in [4.69, 9.17) is 10.5 Å². The third-order valence-electron chi connectivity index (χ3n) is 6.23.